The second-order valence-corrected chi connectivity index (χ2v) is 38.9. The van der Waals surface area contributed by atoms with Crippen molar-refractivity contribution < 1.29 is 66.9 Å². The van der Waals surface area contributed by atoms with Gasteiger partial charge in [-0.05, 0) is 124 Å². The number of rotatable bonds is 23. The fourth-order valence-electron chi connectivity index (χ4n) is 13.1. The predicted octanol–water partition coefficient (Wildman–Crippen LogP) is 10.3. The van der Waals surface area contributed by atoms with Gasteiger partial charge in [0, 0.05) is 81.2 Å². The Kier molecular flexibility index (Phi) is 41.2. The largest absolute Gasteiger partial charge is 2.00 e. The second-order valence-electron chi connectivity index (χ2n) is 24.8. The standard InChI is InChI=1S/C72H64N4Si4.4C4H10O.2HI.2Mg/c1-77(55-31-13-5-14-32-55,56-33-15-6-16-34-56)73-67-49-29-47-65-63(51-53-69(71(65)67)75-79(3,59-39-21-9-22-40-59)60-41-23-10-24-42-60)64-52-54-70(76-80(4,61-43-25-11-26-44-61)62-45-27-12-28-46-62)72-66(64)48-30-50-68(72)74-78(2,57-35-17-7-18-36-57)58-37-19-8-20-38-58;4*1-3-5-4-2;;;;/h5-54,63-64H,1-4H3;4*3-4H2,1-2H3;2*1H;;/q-2;;;;;;;2*+2/p-2/b75-69+,76-70+;;;;;;;;/t63-,64+;;;;;;;;. The minimum Gasteiger partial charge on any atom is -1.00 e. The van der Waals surface area contributed by atoms with Crippen LogP contribution in [0.15, 0.2) is 313 Å². The first kappa shape index (κ1) is 90.7. The molecule has 16 heteroatoms. The van der Waals surface area contributed by atoms with E-state index in [9.17, 15) is 0 Å². The molecule has 8 nitrogen and oxygen atoms in total. The number of benzene rings is 10. The molecule has 0 fully saturated rings. The third kappa shape index (κ3) is 23.7. The molecule has 0 radical (unpaired) electrons. The Hall–Kier alpha value is -5.68. The molecule has 0 saturated heterocycles. The van der Waals surface area contributed by atoms with Crippen molar-refractivity contribution in [1.29, 1.82) is 0 Å². The Bertz CT molecular complexity index is 3710. The molecule has 0 unspecified atom stereocenters. The quantitative estimate of drug-likeness (QED) is 0.0472. The van der Waals surface area contributed by atoms with E-state index in [2.05, 4.69) is 330 Å². The molecular weight excluding hydrogens is 1590 g/mol. The molecular formula is C88H104I2Mg2N4O4Si4. The van der Waals surface area contributed by atoms with E-state index in [1.807, 2.05) is 55.4 Å². The molecule has 12 rings (SSSR count). The van der Waals surface area contributed by atoms with Gasteiger partial charge in [0.05, 0.1) is 11.4 Å². The van der Waals surface area contributed by atoms with E-state index in [1.165, 1.54) is 52.6 Å². The number of halogens is 2. The van der Waals surface area contributed by atoms with E-state index in [4.69, 9.17) is 38.2 Å². The van der Waals surface area contributed by atoms with E-state index in [0.29, 0.717) is 0 Å². The summed E-state index contributed by atoms with van der Waals surface area (Å²) in [6.07, 6.45) is 9.54. The molecule has 10 aromatic rings. The summed E-state index contributed by atoms with van der Waals surface area (Å²) in [5.41, 5.74) is 8.53. The van der Waals surface area contributed by atoms with Crippen LogP contribution in [0.25, 0.3) is 9.96 Å². The van der Waals surface area contributed by atoms with Crippen LogP contribution in [0.4, 0.5) is 11.4 Å². The van der Waals surface area contributed by atoms with Gasteiger partial charge in [0.15, 0.2) is 0 Å². The Morgan fingerprint density at radius 3 is 0.673 bits per heavy atom. The molecule has 0 bridgehead atoms. The Morgan fingerprint density at radius 1 is 0.279 bits per heavy atom. The summed E-state index contributed by atoms with van der Waals surface area (Å²) in [4.78, 5) is 12.2. The summed E-state index contributed by atoms with van der Waals surface area (Å²) in [5, 5.41) is 10.1. The Balaban J connectivity index is 0.000000846. The maximum atomic E-state index is 6.11. The average molecular weight is 1700 g/mol. The molecule has 0 aliphatic heterocycles. The smallest absolute Gasteiger partial charge is 1.00 e. The molecule has 0 saturated carbocycles. The van der Waals surface area contributed by atoms with Gasteiger partial charge in [-0.15, -0.1) is 11.4 Å². The van der Waals surface area contributed by atoms with E-state index < -0.39 is 32.9 Å². The van der Waals surface area contributed by atoms with Gasteiger partial charge in [0.1, 0.15) is 0 Å². The van der Waals surface area contributed by atoms with Crippen molar-refractivity contribution in [2.45, 2.75) is 93.4 Å². The minimum absolute atomic E-state index is 0. The van der Waals surface area contributed by atoms with Crippen molar-refractivity contribution in [1.82, 2.24) is 0 Å². The number of fused-ring (bicyclic) bond motifs is 2. The molecule has 0 heterocycles. The number of hydrogen-bond acceptors (Lipinski definition) is 6. The fourth-order valence-corrected chi connectivity index (χ4v) is 24.8. The third-order valence-corrected chi connectivity index (χ3v) is 32.8. The molecule has 0 aromatic heterocycles. The third-order valence-electron chi connectivity index (χ3n) is 18.4. The van der Waals surface area contributed by atoms with Crippen molar-refractivity contribution in [2.24, 2.45) is 9.32 Å². The molecule has 2 atom stereocenters. The van der Waals surface area contributed by atoms with Gasteiger partial charge >= 0.3 is 46.1 Å². The van der Waals surface area contributed by atoms with E-state index in [1.54, 1.807) is 0 Å². The van der Waals surface area contributed by atoms with Crippen molar-refractivity contribution in [3.63, 3.8) is 0 Å². The molecule has 0 spiro atoms. The first-order valence-electron chi connectivity index (χ1n) is 35.8. The first-order chi connectivity index (χ1) is 48.8. The van der Waals surface area contributed by atoms with Crippen LogP contribution in [0.1, 0.15) is 89.5 Å². The Labute approximate surface area is 694 Å². The van der Waals surface area contributed by atoms with Crippen LogP contribution in [0.5, 0.6) is 0 Å². The summed E-state index contributed by atoms with van der Waals surface area (Å²) < 4.78 is 31.6. The molecule has 0 amide bonds. The summed E-state index contributed by atoms with van der Waals surface area (Å²) in [6, 6.07) is 101. The normalized spacial score (nSPS) is 14.1. The number of hydrogen-bond donors (Lipinski definition) is 0. The summed E-state index contributed by atoms with van der Waals surface area (Å²) in [6.45, 7) is 32.2. The predicted molar refractivity (Wildman–Crippen MR) is 451 cm³/mol. The second kappa shape index (κ2) is 47.2. The Morgan fingerprint density at radius 2 is 0.481 bits per heavy atom. The van der Waals surface area contributed by atoms with Crippen molar-refractivity contribution in [3.8, 4) is 0 Å². The zero-order valence-electron chi connectivity index (χ0n) is 63.3. The zero-order valence-corrected chi connectivity index (χ0v) is 74.4. The molecule has 104 heavy (non-hydrogen) atoms. The SMILES string of the molecule is CCOCC.CCOCC.CCOCC.CCOCC.C[Si](/N=C1\C=C[C@@H]([C@H]2C=C/C(=N\[Si](C)(c3ccccc3)c3ccccc3)c3c([N-][Si](C)(c4ccccc4)c4ccccc4)cccc32)c2cccc([N-][Si](C)(c3ccccc3)c3ccccc3)c21)(c1ccccc1)c1ccccc1.[I-].[I-].[Mg+2].[Mg+2]. The first-order valence-corrected chi connectivity index (χ1v) is 45.6. The van der Waals surface area contributed by atoms with E-state index in [0.717, 1.165) is 86.8 Å². The van der Waals surface area contributed by atoms with E-state index in [-0.39, 0.29) is 106 Å². The maximum absolute atomic E-state index is 6.11. The van der Waals surface area contributed by atoms with E-state index >= 15 is 0 Å². The van der Waals surface area contributed by atoms with Gasteiger partial charge in [-0.2, -0.15) is 0 Å². The number of nitrogens with zero attached hydrogens (tertiary/aromatic N) is 4. The van der Waals surface area contributed by atoms with Crippen LogP contribution in [0.3, 0.4) is 0 Å². The molecule has 2 aliphatic carbocycles. The van der Waals surface area contributed by atoms with Gasteiger partial charge in [-0.25, -0.2) is 0 Å². The average Bonchev–Trinajstić information content (AvgIpc) is 0.713. The van der Waals surface area contributed by atoms with Crippen molar-refractivity contribution >= 4 is 143 Å². The van der Waals surface area contributed by atoms with Gasteiger partial charge in [0.2, 0.25) is 16.5 Å². The summed E-state index contributed by atoms with van der Waals surface area (Å²) in [7, 11) is -11.2. The topological polar surface area (TPSA) is 89.8 Å². The molecule has 10 aromatic carbocycles. The van der Waals surface area contributed by atoms with Crippen LogP contribution in [-0.2, 0) is 18.9 Å². The van der Waals surface area contributed by atoms with Crippen LogP contribution < -0.4 is 89.4 Å². The molecule has 534 valence electrons. The van der Waals surface area contributed by atoms with Gasteiger partial charge in [-0.3, -0.25) is 0 Å². The van der Waals surface area contributed by atoms with Crippen molar-refractivity contribution in [3.05, 3.63) is 336 Å². The van der Waals surface area contributed by atoms with Crippen molar-refractivity contribution in [2.75, 3.05) is 52.9 Å². The van der Waals surface area contributed by atoms with Gasteiger partial charge in [-0.1, -0.05) is 325 Å². The summed E-state index contributed by atoms with van der Waals surface area (Å²) >= 11 is 0. The molecule has 0 N–H and O–H groups in total. The van der Waals surface area contributed by atoms with Crippen LogP contribution in [0.2, 0.25) is 26.2 Å². The van der Waals surface area contributed by atoms with Crippen LogP contribution >= 0.6 is 0 Å². The number of ether oxygens (including phenoxy) is 4. The summed E-state index contributed by atoms with van der Waals surface area (Å²) in [5.74, 6) is -0.153. The van der Waals surface area contributed by atoms with Crippen LogP contribution in [0, 0.1) is 0 Å². The molecule has 2 aliphatic rings. The van der Waals surface area contributed by atoms with Gasteiger partial charge in [0.25, 0.3) is 0 Å². The maximum Gasteiger partial charge on any atom is 2.00 e. The zero-order chi connectivity index (χ0) is 71.1. The monoisotopic (exact) mass is 1690 g/mol. The van der Waals surface area contributed by atoms with Gasteiger partial charge < -0.3 is 86.2 Å². The van der Waals surface area contributed by atoms with Crippen LogP contribution in [-0.4, -0.2) is 143 Å². The fraction of sp³-hybridized carbons (Fsp3) is 0.250. The minimum atomic E-state index is -2.79. The number of allylic oxidation sites excluding steroid dienone is 4.